The smallest absolute Gasteiger partial charge is 0.395 e. The summed E-state index contributed by atoms with van der Waals surface area (Å²) >= 11 is 1.45. The Hall–Kier alpha value is -0.330. The summed E-state index contributed by atoms with van der Waals surface area (Å²) in [5.41, 5.74) is 0. The summed E-state index contributed by atoms with van der Waals surface area (Å²) in [5, 5.41) is 7.77. The predicted octanol–water partition coefficient (Wildman–Crippen LogP) is -0.463. The molecule has 7 heavy (non-hydrogen) atoms. The van der Waals surface area contributed by atoms with Crippen LogP contribution in [0.25, 0.3) is 0 Å². The lowest BCUT2D eigenvalue weighted by Gasteiger charge is -1.83. The van der Waals surface area contributed by atoms with E-state index in [0.29, 0.717) is 0 Å². The Labute approximate surface area is 53.4 Å². The standard InChI is InChI=1S/C2H2INO3/c3-4-1(5)2(6)7/h(H,4,5)(H,6,7). The molecule has 0 aliphatic carbocycles. The van der Waals surface area contributed by atoms with Crippen molar-refractivity contribution in [2.45, 2.75) is 0 Å². The average molecular weight is 215 g/mol. The van der Waals surface area contributed by atoms with Crippen LogP contribution in [0.15, 0.2) is 0 Å². The molecule has 5 heteroatoms. The van der Waals surface area contributed by atoms with Gasteiger partial charge in [-0.3, -0.25) is 8.32 Å². The highest BCUT2D eigenvalue weighted by atomic mass is 127. The Morgan fingerprint density at radius 1 is 1.57 bits per heavy atom. The third kappa shape index (κ3) is 2.38. The van der Waals surface area contributed by atoms with Gasteiger partial charge in [0, 0.05) is 0 Å². The molecule has 0 fully saturated rings. The minimum absolute atomic E-state index is 0.999. The van der Waals surface area contributed by atoms with Crippen molar-refractivity contribution in [2.24, 2.45) is 0 Å². The van der Waals surface area contributed by atoms with Crippen molar-refractivity contribution in [2.75, 3.05) is 0 Å². The van der Waals surface area contributed by atoms with Gasteiger partial charge in [0.2, 0.25) is 0 Å². The first kappa shape index (κ1) is 6.67. The Kier molecular flexibility index (Phi) is 2.65. The molecule has 0 aromatic heterocycles. The monoisotopic (exact) mass is 215 g/mol. The average Bonchev–Trinajstić information content (AvgIpc) is 1.65. The molecule has 0 saturated carbocycles. The zero-order chi connectivity index (χ0) is 5.86. The SMILES string of the molecule is O=C(O)C(=O)NI. The van der Waals surface area contributed by atoms with Gasteiger partial charge in [-0.25, -0.2) is 4.79 Å². The number of carbonyl (C=O) groups is 2. The summed E-state index contributed by atoms with van der Waals surface area (Å²) < 4.78 is 1.90. The first-order valence-electron chi connectivity index (χ1n) is 1.32. The van der Waals surface area contributed by atoms with Gasteiger partial charge >= 0.3 is 11.9 Å². The third-order valence-corrected chi connectivity index (χ3v) is 0.770. The summed E-state index contributed by atoms with van der Waals surface area (Å²) in [6.45, 7) is 0. The highest BCUT2D eigenvalue weighted by Crippen LogP contribution is 1.69. The van der Waals surface area contributed by atoms with Crippen molar-refractivity contribution >= 4 is 34.7 Å². The Morgan fingerprint density at radius 3 is 2.00 bits per heavy atom. The van der Waals surface area contributed by atoms with Crippen molar-refractivity contribution in [1.82, 2.24) is 3.53 Å². The maximum Gasteiger partial charge on any atom is 0.395 e. The van der Waals surface area contributed by atoms with E-state index in [1.165, 1.54) is 22.9 Å². The molecule has 1 amide bonds. The van der Waals surface area contributed by atoms with Crippen molar-refractivity contribution in [3.05, 3.63) is 0 Å². The number of nitrogens with one attached hydrogen (secondary N) is 1. The lowest BCUT2D eigenvalue weighted by atomic mass is 10.7. The van der Waals surface area contributed by atoms with Crippen molar-refractivity contribution in [3.8, 4) is 0 Å². The molecule has 0 atom stereocenters. The number of hydrogen-bond donors (Lipinski definition) is 2. The zero-order valence-electron chi connectivity index (χ0n) is 3.14. The van der Waals surface area contributed by atoms with E-state index in [2.05, 4.69) is 0 Å². The molecule has 0 aliphatic heterocycles. The van der Waals surface area contributed by atoms with E-state index < -0.39 is 11.9 Å². The number of carbonyl (C=O) groups excluding carboxylic acids is 1. The predicted molar refractivity (Wildman–Crippen MR) is 29.8 cm³/mol. The van der Waals surface area contributed by atoms with Crippen LogP contribution in [0.1, 0.15) is 0 Å². The number of halogens is 1. The molecule has 0 bridgehead atoms. The van der Waals surface area contributed by atoms with Crippen LogP contribution in [-0.4, -0.2) is 17.0 Å². The molecule has 2 N–H and O–H groups in total. The molecule has 0 rings (SSSR count). The van der Waals surface area contributed by atoms with Crippen LogP contribution in [0.5, 0.6) is 0 Å². The molecule has 0 aromatic carbocycles. The molecule has 4 nitrogen and oxygen atoms in total. The molecular formula is C2H2INO3. The zero-order valence-corrected chi connectivity index (χ0v) is 5.30. The summed E-state index contributed by atoms with van der Waals surface area (Å²) in [7, 11) is 0. The maximum absolute atomic E-state index is 9.79. The quantitative estimate of drug-likeness (QED) is 0.326. The molecule has 0 aliphatic rings. The van der Waals surface area contributed by atoms with E-state index in [4.69, 9.17) is 5.11 Å². The third-order valence-electron chi connectivity index (χ3n) is 0.280. The number of carboxylic acids is 1. The van der Waals surface area contributed by atoms with E-state index >= 15 is 0 Å². The van der Waals surface area contributed by atoms with Gasteiger partial charge in [-0.15, -0.1) is 0 Å². The molecule has 0 radical (unpaired) electrons. The second-order valence-electron chi connectivity index (χ2n) is 0.729. The van der Waals surface area contributed by atoms with Crippen molar-refractivity contribution < 1.29 is 14.7 Å². The first-order valence-corrected chi connectivity index (χ1v) is 2.40. The molecule has 0 unspecified atom stereocenters. The van der Waals surface area contributed by atoms with Crippen molar-refractivity contribution in [3.63, 3.8) is 0 Å². The van der Waals surface area contributed by atoms with Crippen LogP contribution in [0.2, 0.25) is 0 Å². The highest BCUT2D eigenvalue weighted by molar-refractivity contribution is 14.1. The summed E-state index contributed by atoms with van der Waals surface area (Å²) in [4.78, 5) is 19.3. The van der Waals surface area contributed by atoms with Gasteiger partial charge in [0.05, 0.1) is 22.9 Å². The lowest BCUT2D eigenvalue weighted by molar-refractivity contribution is -0.149. The fourth-order valence-corrected chi connectivity index (χ4v) is 0.271. The fraction of sp³-hybridized carbons (Fsp3) is 0. The van der Waals surface area contributed by atoms with Gasteiger partial charge in [0.25, 0.3) is 0 Å². The van der Waals surface area contributed by atoms with Gasteiger partial charge in [-0.2, -0.15) is 0 Å². The summed E-state index contributed by atoms with van der Waals surface area (Å²) in [6, 6.07) is 0. The fourth-order valence-electron chi connectivity index (χ4n) is 0.0404. The minimum atomic E-state index is -1.46. The molecule has 40 valence electrons. The van der Waals surface area contributed by atoms with E-state index in [-0.39, 0.29) is 0 Å². The van der Waals surface area contributed by atoms with E-state index in [1.807, 2.05) is 3.53 Å². The van der Waals surface area contributed by atoms with Crippen LogP contribution in [0, 0.1) is 0 Å². The lowest BCUT2D eigenvalue weighted by Crippen LogP contribution is -2.21. The highest BCUT2D eigenvalue weighted by Gasteiger charge is 2.06. The van der Waals surface area contributed by atoms with E-state index in [1.54, 1.807) is 0 Å². The topological polar surface area (TPSA) is 66.4 Å². The minimum Gasteiger partial charge on any atom is -0.474 e. The van der Waals surface area contributed by atoms with Gasteiger partial charge in [-0.05, 0) is 0 Å². The Balaban J connectivity index is 3.58. The van der Waals surface area contributed by atoms with Crippen LogP contribution in [0.4, 0.5) is 0 Å². The van der Waals surface area contributed by atoms with Crippen LogP contribution in [0.3, 0.4) is 0 Å². The van der Waals surface area contributed by atoms with Crippen LogP contribution < -0.4 is 3.53 Å². The molecule has 0 spiro atoms. The number of amides is 1. The van der Waals surface area contributed by atoms with Crippen molar-refractivity contribution in [1.29, 1.82) is 0 Å². The van der Waals surface area contributed by atoms with Crippen LogP contribution >= 0.6 is 22.9 Å². The maximum atomic E-state index is 9.79. The second kappa shape index (κ2) is 2.78. The molecule has 0 heterocycles. The second-order valence-corrected chi connectivity index (χ2v) is 1.27. The molecular weight excluding hydrogens is 213 g/mol. The number of aliphatic carboxylic acids is 1. The largest absolute Gasteiger partial charge is 0.474 e. The van der Waals surface area contributed by atoms with Gasteiger partial charge in [-0.1, -0.05) is 0 Å². The van der Waals surface area contributed by atoms with E-state index in [0.717, 1.165) is 0 Å². The number of carboxylic acid groups (broad SMARTS) is 1. The Bertz CT molecular complexity index is 101. The number of hydrogen-bond acceptors (Lipinski definition) is 2. The summed E-state index contributed by atoms with van der Waals surface area (Å²) in [6.07, 6.45) is 0. The normalized spacial score (nSPS) is 7.57. The van der Waals surface area contributed by atoms with Gasteiger partial charge in [0.15, 0.2) is 0 Å². The van der Waals surface area contributed by atoms with Crippen LogP contribution in [-0.2, 0) is 9.59 Å². The Morgan fingerprint density at radius 2 is 2.00 bits per heavy atom. The van der Waals surface area contributed by atoms with Gasteiger partial charge in [0.1, 0.15) is 0 Å². The number of rotatable bonds is 0. The first-order chi connectivity index (χ1) is 3.18. The molecule has 0 saturated heterocycles. The molecule has 0 aromatic rings. The van der Waals surface area contributed by atoms with E-state index in [9.17, 15) is 9.59 Å². The van der Waals surface area contributed by atoms with Gasteiger partial charge < -0.3 is 5.11 Å². The summed E-state index contributed by atoms with van der Waals surface area (Å²) in [5.74, 6) is -2.46.